The molecule has 0 saturated carbocycles. The molecule has 96 valence electrons. The highest BCUT2D eigenvalue weighted by atomic mass is 16.2. The number of hydrazone groups is 1. The minimum atomic E-state index is -0.0535. The molecule has 5 nitrogen and oxygen atoms in total. The molecule has 0 bridgehead atoms. The summed E-state index contributed by atoms with van der Waals surface area (Å²) < 4.78 is 0. The number of rotatable bonds is 4. The molecule has 2 rings (SSSR count). The number of amides is 1. The van der Waals surface area contributed by atoms with Crippen molar-refractivity contribution in [3.8, 4) is 0 Å². The maximum absolute atomic E-state index is 11.6. The van der Waals surface area contributed by atoms with Crippen LogP contribution < -0.4 is 5.43 Å². The Balaban J connectivity index is 1.72. The number of nitrogens with zero attached hydrogens (tertiary/aromatic N) is 3. The molecule has 1 aromatic heterocycles. The predicted octanol–water partition coefficient (Wildman–Crippen LogP) is 1.02. The molecule has 1 saturated heterocycles. The first-order chi connectivity index (χ1) is 8.84. The lowest BCUT2D eigenvalue weighted by molar-refractivity contribution is -0.122. The second kappa shape index (κ2) is 6.86. The summed E-state index contributed by atoms with van der Waals surface area (Å²) >= 11 is 0. The Morgan fingerprint density at radius 3 is 2.78 bits per heavy atom. The van der Waals surface area contributed by atoms with Crippen molar-refractivity contribution in [1.82, 2.24) is 15.3 Å². The lowest BCUT2D eigenvalue weighted by atomic mass is 10.1. The van der Waals surface area contributed by atoms with E-state index in [1.54, 1.807) is 18.6 Å². The smallest absolute Gasteiger partial charge is 0.254 e. The molecule has 1 amide bonds. The molecule has 0 radical (unpaired) electrons. The van der Waals surface area contributed by atoms with Gasteiger partial charge in [-0.25, -0.2) is 5.43 Å². The number of carbonyl (C=O) groups is 1. The highest BCUT2D eigenvalue weighted by molar-refractivity contribution is 5.82. The van der Waals surface area contributed by atoms with Crippen LogP contribution >= 0.6 is 0 Å². The Morgan fingerprint density at radius 2 is 2.06 bits per heavy atom. The average molecular weight is 246 g/mol. The van der Waals surface area contributed by atoms with Crippen LogP contribution in [-0.2, 0) is 4.79 Å². The van der Waals surface area contributed by atoms with Crippen LogP contribution in [0.15, 0.2) is 29.6 Å². The topological polar surface area (TPSA) is 57.6 Å². The summed E-state index contributed by atoms with van der Waals surface area (Å²) in [5.74, 6) is -0.0535. The SMILES string of the molecule is O=C(CN1CCCCC1)N/N=C\c1ccncc1. The van der Waals surface area contributed by atoms with Gasteiger partial charge in [-0.1, -0.05) is 6.42 Å². The van der Waals surface area contributed by atoms with Crippen LogP contribution in [0.2, 0.25) is 0 Å². The van der Waals surface area contributed by atoms with Crippen LogP contribution in [0.1, 0.15) is 24.8 Å². The van der Waals surface area contributed by atoms with Gasteiger partial charge in [0.2, 0.25) is 0 Å². The van der Waals surface area contributed by atoms with Crippen LogP contribution in [0.25, 0.3) is 0 Å². The van der Waals surface area contributed by atoms with Crippen molar-refractivity contribution in [2.75, 3.05) is 19.6 Å². The summed E-state index contributed by atoms with van der Waals surface area (Å²) in [7, 11) is 0. The lowest BCUT2D eigenvalue weighted by Crippen LogP contribution is -2.38. The fraction of sp³-hybridized carbons (Fsp3) is 0.462. The third kappa shape index (κ3) is 4.25. The van der Waals surface area contributed by atoms with Gasteiger partial charge in [-0.2, -0.15) is 5.10 Å². The van der Waals surface area contributed by atoms with Gasteiger partial charge in [-0.05, 0) is 43.6 Å². The Bertz CT molecular complexity index is 399. The second-order valence-corrected chi connectivity index (χ2v) is 4.41. The molecule has 18 heavy (non-hydrogen) atoms. The first kappa shape index (κ1) is 12.7. The second-order valence-electron chi connectivity index (χ2n) is 4.41. The summed E-state index contributed by atoms with van der Waals surface area (Å²) in [5, 5.41) is 3.93. The zero-order valence-corrected chi connectivity index (χ0v) is 10.4. The van der Waals surface area contributed by atoms with Gasteiger partial charge in [0.15, 0.2) is 0 Å². The first-order valence-corrected chi connectivity index (χ1v) is 6.29. The van der Waals surface area contributed by atoms with Crippen LogP contribution in [0, 0.1) is 0 Å². The van der Waals surface area contributed by atoms with Crippen molar-refractivity contribution in [2.45, 2.75) is 19.3 Å². The standard InChI is InChI=1S/C13H18N4O/c18-13(11-17-8-2-1-3-9-17)16-15-10-12-4-6-14-7-5-12/h4-7,10H,1-3,8-9,11H2,(H,16,18)/b15-10-. The van der Waals surface area contributed by atoms with Gasteiger partial charge < -0.3 is 0 Å². The van der Waals surface area contributed by atoms with E-state index in [-0.39, 0.29) is 5.91 Å². The molecular formula is C13H18N4O. The number of piperidine rings is 1. The number of hydrogen-bond donors (Lipinski definition) is 1. The predicted molar refractivity (Wildman–Crippen MR) is 70.3 cm³/mol. The van der Waals surface area contributed by atoms with Crippen molar-refractivity contribution in [3.63, 3.8) is 0 Å². The monoisotopic (exact) mass is 246 g/mol. The number of pyridine rings is 1. The summed E-state index contributed by atoms with van der Waals surface area (Å²) in [5.41, 5.74) is 3.47. The minimum absolute atomic E-state index is 0.0535. The van der Waals surface area contributed by atoms with E-state index in [1.165, 1.54) is 19.3 Å². The van der Waals surface area contributed by atoms with Crippen molar-refractivity contribution >= 4 is 12.1 Å². The lowest BCUT2D eigenvalue weighted by Gasteiger charge is -2.25. The van der Waals surface area contributed by atoms with E-state index < -0.39 is 0 Å². The van der Waals surface area contributed by atoms with Crippen molar-refractivity contribution in [3.05, 3.63) is 30.1 Å². The van der Waals surface area contributed by atoms with Gasteiger partial charge in [0.1, 0.15) is 0 Å². The number of aromatic nitrogens is 1. The molecule has 2 heterocycles. The van der Waals surface area contributed by atoms with Crippen LogP contribution in [0.3, 0.4) is 0 Å². The largest absolute Gasteiger partial charge is 0.294 e. The molecule has 1 aromatic rings. The van der Waals surface area contributed by atoms with Gasteiger partial charge in [0, 0.05) is 12.4 Å². The highest BCUT2D eigenvalue weighted by Crippen LogP contribution is 2.07. The maximum atomic E-state index is 11.6. The number of likely N-dealkylation sites (tertiary alicyclic amines) is 1. The van der Waals surface area contributed by atoms with Crippen LogP contribution in [0.4, 0.5) is 0 Å². The van der Waals surface area contributed by atoms with Crippen LogP contribution in [0.5, 0.6) is 0 Å². The van der Waals surface area contributed by atoms with Gasteiger partial charge in [-0.15, -0.1) is 0 Å². The summed E-state index contributed by atoms with van der Waals surface area (Å²) in [6, 6.07) is 3.67. The molecule has 5 heteroatoms. The van der Waals surface area contributed by atoms with Gasteiger partial charge in [-0.3, -0.25) is 14.7 Å². The third-order valence-corrected chi connectivity index (χ3v) is 2.92. The van der Waals surface area contributed by atoms with E-state index in [4.69, 9.17) is 0 Å². The van der Waals surface area contributed by atoms with E-state index in [2.05, 4.69) is 20.4 Å². The molecular weight excluding hydrogens is 228 g/mol. The molecule has 0 atom stereocenters. The molecule has 1 fully saturated rings. The maximum Gasteiger partial charge on any atom is 0.254 e. The van der Waals surface area contributed by atoms with Crippen LogP contribution in [-0.4, -0.2) is 41.6 Å². The van der Waals surface area contributed by atoms with Crippen molar-refractivity contribution < 1.29 is 4.79 Å². The zero-order valence-electron chi connectivity index (χ0n) is 10.4. The van der Waals surface area contributed by atoms with E-state index >= 15 is 0 Å². The molecule has 1 aliphatic rings. The van der Waals surface area contributed by atoms with Crippen molar-refractivity contribution in [1.29, 1.82) is 0 Å². The fourth-order valence-corrected chi connectivity index (χ4v) is 1.98. The summed E-state index contributed by atoms with van der Waals surface area (Å²) in [6.45, 7) is 2.47. The van der Waals surface area contributed by atoms with E-state index in [0.717, 1.165) is 18.7 Å². The van der Waals surface area contributed by atoms with E-state index in [1.807, 2.05) is 12.1 Å². The number of nitrogens with one attached hydrogen (secondary N) is 1. The minimum Gasteiger partial charge on any atom is -0.294 e. The fourth-order valence-electron chi connectivity index (χ4n) is 1.98. The number of hydrogen-bond acceptors (Lipinski definition) is 4. The van der Waals surface area contributed by atoms with Gasteiger partial charge >= 0.3 is 0 Å². The highest BCUT2D eigenvalue weighted by Gasteiger charge is 2.12. The molecule has 1 N–H and O–H groups in total. The zero-order chi connectivity index (χ0) is 12.6. The molecule has 0 spiro atoms. The Hall–Kier alpha value is -1.75. The molecule has 0 unspecified atom stereocenters. The van der Waals surface area contributed by atoms with E-state index in [0.29, 0.717) is 6.54 Å². The van der Waals surface area contributed by atoms with Gasteiger partial charge in [0.25, 0.3) is 5.91 Å². The molecule has 0 aliphatic carbocycles. The summed E-state index contributed by atoms with van der Waals surface area (Å²) in [4.78, 5) is 17.7. The van der Waals surface area contributed by atoms with E-state index in [9.17, 15) is 4.79 Å². The number of carbonyl (C=O) groups excluding carboxylic acids is 1. The summed E-state index contributed by atoms with van der Waals surface area (Å²) in [6.07, 6.45) is 8.66. The molecule has 0 aromatic carbocycles. The Morgan fingerprint density at radius 1 is 1.33 bits per heavy atom. The average Bonchev–Trinajstić information content (AvgIpc) is 2.41. The molecule has 1 aliphatic heterocycles. The van der Waals surface area contributed by atoms with Gasteiger partial charge in [0.05, 0.1) is 12.8 Å². The Kier molecular flexibility index (Phi) is 4.84. The quantitative estimate of drug-likeness (QED) is 0.637. The third-order valence-electron chi connectivity index (χ3n) is 2.92. The first-order valence-electron chi connectivity index (χ1n) is 6.29. The van der Waals surface area contributed by atoms with Crippen molar-refractivity contribution in [2.24, 2.45) is 5.10 Å². The normalized spacial score (nSPS) is 16.9. The Labute approximate surface area is 107 Å².